The Labute approximate surface area is 131 Å². The summed E-state index contributed by atoms with van der Waals surface area (Å²) in [6.45, 7) is 0. The zero-order valence-electron chi connectivity index (χ0n) is 11.7. The second kappa shape index (κ2) is 6.17. The van der Waals surface area contributed by atoms with Gasteiger partial charge in [0.05, 0.1) is 11.5 Å². The first-order valence-electron chi connectivity index (χ1n) is 6.87. The number of amides is 1. The van der Waals surface area contributed by atoms with Gasteiger partial charge in [0.25, 0.3) is 0 Å². The molecule has 1 N–H and O–H groups in total. The number of nitrogens with zero attached hydrogens (tertiary/aromatic N) is 2. The van der Waals surface area contributed by atoms with Crippen LogP contribution in [0.1, 0.15) is 18.7 Å². The van der Waals surface area contributed by atoms with Crippen LogP contribution in [0.15, 0.2) is 21.3 Å². The van der Waals surface area contributed by atoms with Gasteiger partial charge in [-0.2, -0.15) is 16.3 Å². The number of sulfone groups is 1. The Morgan fingerprint density at radius 3 is 3.05 bits per heavy atom. The fourth-order valence-corrected chi connectivity index (χ4v) is 4.60. The smallest absolute Gasteiger partial charge is 0.227 e. The topological polar surface area (TPSA) is 102 Å². The van der Waals surface area contributed by atoms with Crippen LogP contribution in [-0.2, 0) is 21.1 Å². The minimum atomic E-state index is -2.98. The van der Waals surface area contributed by atoms with Crippen molar-refractivity contribution in [3.8, 4) is 11.4 Å². The lowest BCUT2D eigenvalue weighted by Gasteiger charge is -2.09. The first-order chi connectivity index (χ1) is 10.5. The summed E-state index contributed by atoms with van der Waals surface area (Å²) >= 11 is 1.54. The summed E-state index contributed by atoms with van der Waals surface area (Å²) in [6, 6.07) is 1.62. The van der Waals surface area contributed by atoms with Gasteiger partial charge >= 0.3 is 0 Å². The summed E-state index contributed by atoms with van der Waals surface area (Å²) in [5.74, 6) is 0.888. The van der Waals surface area contributed by atoms with E-state index in [-0.39, 0.29) is 29.9 Å². The molecule has 2 aromatic heterocycles. The molecule has 2 aromatic rings. The summed E-state index contributed by atoms with van der Waals surface area (Å²) in [6.07, 6.45) is 1.02. The highest BCUT2D eigenvalue weighted by atomic mass is 32.2. The fraction of sp³-hybridized carbons (Fsp3) is 0.462. The Bertz CT molecular complexity index is 752. The Hall–Kier alpha value is -1.74. The van der Waals surface area contributed by atoms with Crippen molar-refractivity contribution in [2.75, 3.05) is 11.5 Å². The lowest BCUT2D eigenvalue weighted by atomic mass is 10.2. The van der Waals surface area contributed by atoms with E-state index in [1.165, 1.54) is 0 Å². The van der Waals surface area contributed by atoms with E-state index in [0.29, 0.717) is 24.6 Å². The number of thiophene rings is 1. The molecule has 9 heteroatoms. The standard InChI is InChI=1S/C13H15N3O4S2/c17-11(14-10-4-6-22(18,19)8-10)1-2-12-15-13(16-20-12)9-3-5-21-7-9/h3,5,7,10H,1-2,4,6,8H2,(H,14,17)/t10-/m0/s1. The van der Waals surface area contributed by atoms with Gasteiger partial charge in [-0.1, -0.05) is 5.16 Å². The van der Waals surface area contributed by atoms with Crippen LogP contribution in [-0.4, -0.2) is 42.0 Å². The van der Waals surface area contributed by atoms with E-state index in [0.717, 1.165) is 5.56 Å². The lowest BCUT2D eigenvalue weighted by Crippen LogP contribution is -2.35. The fourth-order valence-electron chi connectivity index (χ4n) is 2.29. The van der Waals surface area contributed by atoms with E-state index >= 15 is 0 Å². The number of rotatable bonds is 5. The van der Waals surface area contributed by atoms with Crippen LogP contribution in [0, 0.1) is 0 Å². The molecule has 22 heavy (non-hydrogen) atoms. The van der Waals surface area contributed by atoms with Crippen molar-refractivity contribution >= 4 is 27.1 Å². The highest BCUT2D eigenvalue weighted by molar-refractivity contribution is 7.91. The first kappa shape index (κ1) is 15.2. The van der Waals surface area contributed by atoms with Crippen molar-refractivity contribution in [3.05, 3.63) is 22.7 Å². The van der Waals surface area contributed by atoms with Crippen molar-refractivity contribution in [1.82, 2.24) is 15.5 Å². The molecule has 1 aliphatic heterocycles. The third-order valence-corrected chi connectivity index (χ3v) is 5.86. The minimum Gasteiger partial charge on any atom is -0.352 e. The van der Waals surface area contributed by atoms with Gasteiger partial charge in [0.15, 0.2) is 9.84 Å². The molecule has 1 aliphatic rings. The maximum Gasteiger partial charge on any atom is 0.227 e. The van der Waals surface area contributed by atoms with Crippen LogP contribution in [0.5, 0.6) is 0 Å². The molecule has 3 rings (SSSR count). The molecular formula is C13H15N3O4S2. The Balaban J connectivity index is 1.49. The maximum atomic E-state index is 11.8. The second-order valence-electron chi connectivity index (χ2n) is 5.19. The first-order valence-corrected chi connectivity index (χ1v) is 9.63. The van der Waals surface area contributed by atoms with E-state index in [9.17, 15) is 13.2 Å². The molecule has 0 spiro atoms. The lowest BCUT2D eigenvalue weighted by molar-refractivity contribution is -0.121. The van der Waals surface area contributed by atoms with E-state index in [2.05, 4.69) is 15.5 Å². The highest BCUT2D eigenvalue weighted by Crippen LogP contribution is 2.19. The van der Waals surface area contributed by atoms with Gasteiger partial charge in [-0.15, -0.1) is 0 Å². The summed E-state index contributed by atoms with van der Waals surface area (Å²) in [5.41, 5.74) is 0.889. The van der Waals surface area contributed by atoms with Gasteiger partial charge < -0.3 is 9.84 Å². The van der Waals surface area contributed by atoms with Crippen molar-refractivity contribution in [2.24, 2.45) is 0 Å². The number of aromatic nitrogens is 2. The Morgan fingerprint density at radius 2 is 2.36 bits per heavy atom. The molecule has 1 saturated heterocycles. The normalized spacial score (nSPS) is 20.1. The number of hydrogen-bond acceptors (Lipinski definition) is 7. The van der Waals surface area contributed by atoms with Gasteiger partial charge in [-0.05, 0) is 17.9 Å². The van der Waals surface area contributed by atoms with Crippen LogP contribution in [0.4, 0.5) is 0 Å². The van der Waals surface area contributed by atoms with Gasteiger partial charge in [0.1, 0.15) is 0 Å². The minimum absolute atomic E-state index is 0.0294. The van der Waals surface area contributed by atoms with Crippen molar-refractivity contribution < 1.29 is 17.7 Å². The summed E-state index contributed by atoms with van der Waals surface area (Å²) in [4.78, 5) is 16.1. The third kappa shape index (κ3) is 3.72. The number of carbonyl (C=O) groups is 1. The summed E-state index contributed by atoms with van der Waals surface area (Å²) < 4.78 is 27.8. The summed E-state index contributed by atoms with van der Waals surface area (Å²) in [7, 11) is -2.98. The van der Waals surface area contributed by atoms with E-state index < -0.39 is 9.84 Å². The predicted molar refractivity (Wildman–Crippen MR) is 81.1 cm³/mol. The maximum absolute atomic E-state index is 11.8. The van der Waals surface area contributed by atoms with Gasteiger partial charge in [-0.25, -0.2) is 8.42 Å². The number of nitrogens with one attached hydrogen (secondary N) is 1. The molecule has 1 fully saturated rings. The van der Waals surface area contributed by atoms with E-state index in [4.69, 9.17) is 4.52 Å². The Kier molecular flexibility index (Phi) is 4.25. The predicted octanol–water partition coefficient (Wildman–Crippen LogP) is 1.03. The van der Waals surface area contributed by atoms with Crippen LogP contribution >= 0.6 is 11.3 Å². The van der Waals surface area contributed by atoms with Crippen LogP contribution in [0.25, 0.3) is 11.4 Å². The molecule has 0 unspecified atom stereocenters. The molecule has 0 aliphatic carbocycles. The van der Waals surface area contributed by atoms with E-state index in [1.54, 1.807) is 11.3 Å². The molecule has 7 nitrogen and oxygen atoms in total. The quantitative estimate of drug-likeness (QED) is 0.871. The SMILES string of the molecule is O=C(CCc1nc(-c2ccsc2)no1)N[C@H]1CCS(=O)(=O)C1. The molecule has 0 saturated carbocycles. The highest BCUT2D eigenvalue weighted by Gasteiger charge is 2.28. The average Bonchev–Trinajstić information content (AvgIpc) is 3.16. The molecule has 1 amide bonds. The second-order valence-corrected chi connectivity index (χ2v) is 8.20. The van der Waals surface area contributed by atoms with Gasteiger partial charge in [0.2, 0.25) is 17.6 Å². The third-order valence-electron chi connectivity index (χ3n) is 3.41. The largest absolute Gasteiger partial charge is 0.352 e. The van der Waals surface area contributed by atoms with Crippen molar-refractivity contribution in [1.29, 1.82) is 0 Å². The van der Waals surface area contributed by atoms with Gasteiger partial charge in [0, 0.05) is 29.8 Å². The molecule has 118 valence electrons. The average molecular weight is 341 g/mol. The zero-order chi connectivity index (χ0) is 15.6. The Morgan fingerprint density at radius 1 is 1.50 bits per heavy atom. The van der Waals surface area contributed by atoms with Crippen LogP contribution in [0.3, 0.4) is 0 Å². The number of aryl methyl sites for hydroxylation is 1. The molecule has 0 radical (unpaired) electrons. The molecule has 0 aromatic carbocycles. The van der Waals surface area contributed by atoms with E-state index in [1.807, 2.05) is 16.8 Å². The molecule has 0 bridgehead atoms. The molecule has 1 atom stereocenters. The molecular weight excluding hydrogens is 326 g/mol. The van der Waals surface area contributed by atoms with Crippen LogP contribution in [0.2, 0.25) is 0 Å². The number of hydrogen-bond donors (Lipinski definition) is 1. The van der Waals surface area contributed by atoms with Crippen LogP contribution < -0.4 is 5.32 Å². The van der Waals surface area contributed by atoms with Crippen molar-refractivity contribution in [3.63, 3.8) is 0 Å². The summed E-state index contributed by atoms with van der Waals surface area (Å²) in [5, 5.41) is 10.4. The van der Waals surface area contributed by atoms with Gasteiger partial charge in [-0.3, -0.25) is 4.79 Å². The zero-order valence-corrected chi connectivity index (χ0v) is 13.3. The monoisotopic (exact) mass is 341 g/mol. The molecule has 3 heterocycles. The number of carbonyl (C=O) groups excluding carboxylic acids is 1. The van der Waals surface area contributed by atoms with Crippen molar-refractivity contribution in [2.45, 2.75) is 25.3 Å².